The Bertz CT molecular complexity index is 560. The Kier molecular flexibility index (Phi) is 4.00. The molecule has 1 aromatic carbocycles. The van der Waals surface area contributed by atoms with Gasteiger partial charge in [-0.05, 0) is 36.6 Å². The molecule has 0 aliphatic carbocycles. The van der Waals surface area contributed by atoms with E-state index in [2.05, 4.69) is 23.8 Å². The van der Waals surface area contributed by atoms with Gasteiger partial charge in [0.2, 0.25) is 0 Å². The van der Waals surface area contributed by atoms with Crippen LogP contribution in [0.15, 0.2) is 24.4 Å². The highest BCUT2D eigenvalue weighted by Gasteiger charge is 2.17. The first-order valence-electron chi connectivity index (χ1n) is 6.54. The van der Waals surface area contributed by atoms with Crippen LogP contribution in [0.2, 0.25) is 0 Å². The number of hydrogen-bond acceptors (Lipinski definition) is 2. The smallest absolute Gasteiger partial charge is 0.126 e. The Morgan fingerprint density at radius 1 is 1.37 bits per heavy atom. The van der Waals surface area contributed by atoms with Crippen molar-refractivity contribution < 1.29 is 4.39 Å². The van der Waals surface area contributed by atoms with Gasteiger partial charge in [-0.3, -0.25) is 0 Å². The average Bonchev–Trinajstić information content (AvgIpc) is 2.82. The normalized spacial score (nSPS) is 12.9. The first kappa shape index (κ1) is 13.7. The molecule has 0 saturated heterocycles. The molecule has 0 bridgehead atoms. The number of aryl methyl sites for hydroxylation is 1. The van der Waals surface area contributed by atoms with E-state index in [1.54, 1.807) is 19.2 Å². The quantitative estimate of drug-likeness (QED) is 0.887. The molecule has 0 saturated carbocycles. The number of halogens is 1. The average molecular weight is 261 g/mol. The maximum absolute atomic E-state index is 13.3. The lowest BCUT2D eigenvalue weighted by Gasteiger charge is -2.15. The number of aromatic amines is 1. The topological polar surface area (TPSA) is 54.7 Å². The second kappa shape index (κ2) is 5.53. The third-order valence-corrected chi connectivity index (χ3v) is 3.47. The second-order valence-electron chi connectivity index (χ2n) is 5.23. The van der Waals surface area contributed by atoms with Gasteiger partial charge < -0.3 is 10.7 Å². The maximum atomic E-state index is 13.3. The summed E-state index contributed by atoms with van der Waals surface area (Å²) in [5, 5.41) is 0. The fraction of sp³-hybridized carbons (Fsp3) is 0.400. The van der Waals surface area contributed by atoms with Crippen LogP contribution in [-0.4, -0.2) is 16.5 Å². The number of aromatic nitrogens is 2. The largest absolute Gasteiger partial charge is 0.342 e. The van der Waals surface area contributed by atoms with Crippen LogP contribution in [0.5, 0.6) is 0 Å². The third-order valence-electron chi connectivity index (χ3n) is 3.47. The van der Waals surface area contributed by atoms with Gasteiger partial charge >= 0.3 is 0 Å². The Hall–Kier alpha value is -1.68. The van der Waals surface area contributed by atoms with Crippen LogP contribution in [0, 0.1) is 18.7 Å². The van der Waals surface area contributed by atoms with Gasteiger partial charge in [0, 0.05) is 18.0 Å². The number of H-pyrrole nitrogens is 1. The van der Waals surface area contributed by atoms with Crippen molar-refractivity contribution in [2.45, 2.75) is 26.7 Å². The van der Waals surface area contributed by atoms with E-state index in [1.165, 1.54) is 6.07 Å². The summed E-state index contributed by atoms with van der Waals surface area (Å²) in [5.41, 5.74) is 8.26. The van der Waals surface area contributed by atoms with Crippen molar-refractivity contribution in [1.82, 2.24) is 9.97 Å². The molecule has 1 atom stereocenters. The van der Waals surface area contributed by atoms with Gasteiger partial charge in [-0.1, -0.05) is 13.8 Å². The summed E-state index contributed by atoms with van der Waals surface area (Å²) in [7, 11) is 0. The standard InChI is InChI=1S/C15H20FN3/c1-9(2)12(7-17)15-18-8-14(19-15)11-4-5-13(16)10(3)6-11/h4-6,8-9,12H,7,17H2,1-3H3,(H,18,19). The van der Waals surface area contributed by atoms with E-state index in [0.29, 0.717) is 18.0 Å². The summed E-state index contributed by atoms with van der Waals surface area (Å²) in [6.45, 7) is 6.57. The first-order chi connectivity index (χ1) is 9.02. The van der Waals surface area contributed by atoms with E-state index in [-0.39, 0.29) is 11.7 Å². The van der Waals surface area contributed by atoms with Gasteiger partial charge in [-0.15, -0.1) is 0 Å². The summed E-state index contributed by atoms with van der Waals surface area (Å²) in [6.07, 6.45) is 1.78. The summed E-state index contributed by atoms with van der Waals surface area (Å²) >= 11 is 0. The highest BCUT2D eigenvalue weighted by molar-refractivity contribution is 5.59. The van der Waals surface area contributed by atoms with Crippen LogP contribution in [-0.2, 0) is 0 Å². The molecule has 102 valence electrons. The highest BCUT2D eigenvalue weighted by atomic mass is 19.1. The molecule has 0 aliphatic rings. The van der Waals surface area contributed by atoms with Crippen molar-refractivity contribution in [3.8, 4) is 11.3 Å². The number of nitrogens with two attached hydrogens (primary N) is 1. The molecule has 0 spiro atoms. The monoisotopic (exact) mass is 261 g/mol. The van der Waals surface area contributed by atoms with E-state index in [4.69, 9.17) is 5.73 Å². The van der Waals surface area contributed by atoms with Crippen LogP contribution >= 0.6 is 0 Å². The van der Waals surface area contributed by atoms with E-state index in [0.717, 1.165) is 17.1 Å². The lowest BCUT2D eigenvalue weighted by molar-refractivity contribution is 0.487. The van der Waals surface area contributed by atoms with Crippen LogP contribution in [0.25, 0.3) is 11.3 Å². The minimum Gasteiger partial charge on any atom is -0.342 e. The molecule has 0 radical (unpaired) electrons. The first-order valence-corrected chi connectivity index (χ1v) is 6.54. The zero-order valence-corrected chi connectivity index (χ0v) is 11.6. The van der Waals surface area contributed by atoms with E-state index >= 15 is 0 Å². The van der Waals surface area contributed by atoms with Gasteiger partial charge in [0.15, 0.2) is 0 Å². The number of rotatable bonds is 4. The Balaban J connectivity index is 2.32. The van der Waals surface area contributed by atoms with Crippen molar-refractivity contribution in [2.24, 2.45) is 11.7 Å². The predicted octanol–water partition coefficient (Wildman–Crippen LogP) is 3.22. The third kappa shape index (κ3) is 2.84. The van der Waals surface area contributed by atoms with Crippen molar-refractivity contribution in [3.63, 3.8) is 0 Å². The lowest BCUT2D eigenvalue weighted by atomic mass is 9.95. The van der Waals surface area contributed by atoms with Crippen LogP contribution in [0.4, 0.5) is 4.39 Å². The Morgan fingerprint density at radius 3 is 2.68 bits per heavy atom. The van der Waals surface area contributed by atoms with Gasteiger partial charge in [-0.2, -0.15) is 0 Å². The van der Waals surface area contributed by atoms with Crippen molar-refractivity contribution in [1.29, 1.82) is 0 Å². The summed E-state index contributed by atoms with van der Waals surface area (Å²) in [5.74, 6) is 1.36. The fourth-order valence-electron chi connectivity index (χ4n) is 2.18. The van der Waals surface area contributed by atoms with Gasteiger partial charge in [0.25, 0.3) is 0 Å². The summed E-state index contributed by atoms with van der Waals surface area (Å²) in [6, 6.07) is 5.06. The molecule has 19 heavy (non-hydrogen) atoms. The van der Waals surface area contributed by atoms with Crippen LogP contribution < -0.4 is 5.73 Å². The molecule has 2 rings (SSSR count). The zero-order valence-electron chi connectivity index (χ0n) is 11.6. The molecule has 0 aliphatic heterocycles. The molecule has 4 heteroatoms. The zero-order chi connectivity index (χ0) is 14.0. The van der Waals surface area contributed by atoms with E-state index in [1.807, 2.05) is 6.07 Å². The molecule has 0 fully saturated rings. The van der Waals surface area contributed by atoms with Gasteiger partial charge in [0.1, 0.15) is 11.6 Å². The molecule has 3 N–H and O–H groups in total. The van der Waals surface area contributed by atoms with Gasteiger partial charge in [0.05, 0.1) is 11.9 Å². The predicted molar refractivity (Wildman–Crippen MR) is 75.4 cm³/mol. The van der Waals surface area contributed by atoms with Crippen molar-refractivity contribution in [2.75, 3.05) is 6.54 Å². The molecular formula is C15H20FN3. The number of hydrogen-bond donors (Lipinski definition) is 2. The van der Waals surface area contributed by atoms with Crippen LogP contribution in [0.1, 0.15) is 31.2 Å². The minimum absolute atomic E-state index is 0.189. The maximum Gasteiger partial charge on any atom is 0.126 e. The summed E-state index contributed by atoms with van der Waals surface area (Å²) in [4.78, 5) is 7.70. The molecular weight excluding hydrogens is 241 g/mol. The lowest BCUT2D eigenvalue weighted by Crippen LogP contribution is -2.19. The minimum atomic E-state index is -0.189. The van der Waals surface area contributed by atoms with E-state index in [9.17, 15) is 4.39 Å². The van der Waals surface area contributed by atoms with E-state index < -0.39 is 0 Å². The highest BCUT2D eigenvalue weighted by Crippen LogP contribution is 2.25. The molecule has 1 aromatic heterocycles. The number of imidazole rings is 1. The van der Waals surface area contributed by atoms with Gasteiger partial charge in [-0.25, -0.2) is 9.37 Å². The molecule has 0 amide bonds. The van der Waals surface area contributed by atoms with Crippen molar-refractivity contribution in [3.05, 3.63) is 41.6 Å². The number of nitrogens with zero attached hydrogens (tertiary/aromatic N) is 1. The Morgan fingerprint density at radius 2 is 2.11 bits per heavy atom. The molecule has 1 heterocycles. The molecule has 1 unspecified atom stereocenters. The second-order valence-corrected chi connectivity index (χ2v) is 5.23. The summed E-state index contributed by atoms with van der Waals surface area (Å²) < 4.78 is 13.3. The molecule has 3 nitrogen and oxygen atoms in total. The fourth-order valence-corrected chi connectivity index (χ4v) is 2.18. The Labute approximate surface area is 113 Å². The SMILES string of the molecule is Cc1cc(-c2cnc(C(CN)C(C)C)[nH]2)ccc1F. The van der Waals surface area contributed by atoms with Crippen molar-refractivity contribution >= 4 is 0 Å². The molecule has 2 aromatic rings. The van der Waals surface area contributed by atoms with Crippen LogP contribution in [0.3, 0.4) is 0 Å². The number of nitrogens with one attached hydrogen (secondary N) is 1. The number of benzene rings is 1.